The summed E-state index contributed by atoms with van der Waals surface area (Å²) in [7, 11) is 0. The molecule has 0 saturated carbocycles. The number of hydrogen-bond donors (Lipinski definition) is 1. The number of aryl methyl sites for hydroxylation is 1. The van der Waals surface area contributed by atoms with Gasteiger partial charge in [0.1, 0.15) is 11.6 Å². The van der Waals surface area contributed by atoms with Gasteiger partial charge in [0.2, 0.25) is 0 Å². The van der Waals surface area contributed by atoms with E-state index in [0.29, 0.717) is 35.6 Å². The van der Waals surface area contributed by atoms with Crippen molar-refractivity contribution < 1.29 is 19.0 Å². The van der Waals surface area contributed by atoms with Gasteiger partial charge in [0, 0.05) is 49.4 Å². The van der Waals surface area contributed by atoms with Gasteiger partial charge in [-0.05, 0) is 68.0 Å². The van der Waals surface area contributed by atoms with Crippen LogP contribution in [0.2, 0.25) is 0 Å². The fourth-order valence-corrected chi connectivity index (χ4v) is 6.80. The number of morpholine rings is 1. The van der Waals surface area contributed by atoms with Gasteiger partial charge in [-0.2, -0.15) is 0 Å². The second-order valence-electron chi connectivity index (χ2n) is 11.7. The predicted octanol–water partition coefficient (Wildman–Crippen LogP) is 4.82. The van der Waals surface area contributed by atoms with Gasteiger partial charge in [-0.3, -0.25) is 9.80 Å². The minimum atomic E-state index is -1.14. The molecule has 0 unspecified atom stereocenters. The molecule has 2 aromatic heterocycles. The number of aromatic nitrogens is 2. The number of pyridine rings is 1. The van der Waals surface area contributed by atoms with Crippen molar-refractivity contribution in [3.8, 4) is 11.1 Å². The molecule has 3 aliphatic heterocycles. The Kier molecular flexibility index (Phi) is 6.74. The topological polar surface area (TPSA) is 70.3 Å². The number of ether oxygens (including phenoxy) is 1. The van der Waals surface area contributed by atoms with Gasteiger partial charge in [0.05, 0.1) is 30.0 Å². The summed E-state index contributed by atoms with van der Waals surface area (Å²) < 4.78 is 21.7. The zero-order valence-electron chi connectivity index (χ0n) is 22.4. The summed E-state index contributed by atoms with van der Waals surface area (Å²) in [5.74, 6) is 0.104. The van der Waals surface area contributed by atoms with Crippen molar-refractivity contribution in [1.29, 1.82) is 0 Å². The molecule has 3 fully saturated rings. The van der Waals surface area contributed by atoms with Crippen molar-refractivity contribution in [2.45, 2.75) is 64.1 Å². The number of carboxylic acids is 1. The van der Waals surface area contributed by atoms with Gasteiger partial charge in [0.15, 0.2) is 0 Å². The molecule has 0 spiro atoms. The number of aromatic carboxylic acids is 1. The highest BCUT2D eigenvalue weighted by atomic mass is 19.1. The van der Waals surface area contributed by atoms with E-state index in [2.05, 4.69) is 40.9 Å². The lowest BCUT2D eigenvalue weighted by Gasteiger charge is -2.46. The Balaban J connectivity index is 1.19. The Morgan fingerprint density at radius 3 is 2.71 bits per heavy atom. The maximum atomic E-state index is 13.9. The Morgan fingerprint density at radius 1 is 1.21 bits per heavy atom. The lowest BCUT2D eigenvalue weighted by Crippen LogP contribution is -2.52. The van der Waals surface area contributed by atoms with Crippen molar-refractivity contribution in [2.24, 2.45) is 5.92 Å². The molecule has 0 radical (unpaired) electrons. The molecule has 3 saturated heterocycles. The van der Waals surface area contributed by atoms with Gasteiger partial charge in [-0.1, -0.05) is 19.9 Å². The molecule has 0 amide bonds. The second-order valence-corrected chi connectivity index (χ2v) is 11.7. The maximum absolute atomic E-state index is 13.9. The SMILES string of the molecule is Cc1ncc2c(-c3ccc(F)cc3C(=O)O)cc(C3CN([C@@H](CCCN4C[C@H]5C[C@@H]4CO5)C(C)C)C3)cn12. The zero-order valence-corrected chi connectivity index (χ0v) is 22.4. The lowest BCUT2D eigenvalue weighted by atomic mass is 9.85. The minimum Gasteiger partial charge on any atom is -0.478 e. The normalized spacial score (nSPS) is 23.0. The maximum Gasteiger partial charge on any atom is 0.336 e. The van der Waals surface area contributed by atoms with Crippen LogP contribution in [0.4, 0.5) is 4.39 Å². The molecular formula is C30H37FN4O3. The van der Waals surface area contributed by atoms with Crippen LogP contribution >= 0.6 is 0 Å². The van der Waals surface area contributed by atoms with E-state index in [1.807, 2.05) is 11.3 Å². The number of hydrogen-bond acceptors (Lipinski definition) is 5. The third-order valence-electron chi connectivity index (χ3n) is 8.93. The Labute approximate surface area is 223 Å². The van der Waals surface area contributed by atoms with Crippen LogP contribution in [0.5, 0.6) is 0 Å². The highest BCUT2D eigenvalue weighted by Crippen LogP contribution is 2.37. The first kappa shape index (κ1) is 25.5. The molecule has 3 aliphatic rings. The summed E-state index contributed by atoms with van der Waals surface area (Å²) in [6, 6.07) is 7.27. The molecule has 2 bridgehead atoms. The number of carbonyl (C=O) groups is 1. The molecule has 8 heteroatoms. The molecule has 1 N–H and O–H groups in total. The summed E-state index contributed by atoms with van der Waals surface area (Å²) in [5, 5.41) is 9.78. The van der Waals surface area contributed by atoms with E-state index in [9.17, 15) is 14.3 Å². The summed E-state index contributed by atoms with van der Waals surface area (Å²) in [6.45, 7) is 11.7. The number of carboxylic acid groups (broad SMARTS) is 1. The van der Waals surface area contributed by atoms with E-state index >= 15 is 0 Å². The Hall–Kier alpha value is -2.81. The van der Waals surface area contributed by atoms with Crippen LogP contribution in [0.1, 0.15) is 60.8 Å². The summed E-state index contributed by atoms with van der Waals surface area (Å²) >= 11 is 0. The number of likely N-dealkylation sites (tertiary alicyclic amines) is 2. The zero-order chi connectivity index (χ0) is 26.6. The van der Waals surface area contributed by atoms with Gasteiger partial charge >= 0.3 is 5.97 Å². The van der Waals surface area contributed by atoms with Crippen molar-refractivity contribution >= 4 is 11.5 Å². The molecule has 3 aromatic rings. The fraction of sp³-hybridized carbons (Fsp3) is 0.533. The Morgan fingerprint density at radius 2 is 2.03 bits per heavy atom. The van der Waals surface area contributed by atoms with Crippen molar-refractivity contribution in [2.75, 3.05) is 32.8 Å². The van der Waals surface area contributed by atoms with Gasteiger partial charge in [-0.15, -0.1) is 0 Å². The number of halogens is 1. The third-order valence-corrected chi connectivity index (χ3v) is 8.93. The summed E-state index contributed by atoms with van der Waals surface area (Å²) in [6.07, 6.45) is 7.98. The van der Waals surface area contributed by atoms with Crippen LogP contribution in [0.15, 0.2) is 36.7 Å². The lowest BCUT2D eigenvalue weighted by molar-refractivity contribution is 0.0251. The van der Waals surface area contributed by atoms with Crippen molar-refractivity contribution in [1.82, 2.24) is 19.2 Å². The van der Waals surface area contributed by atoms with E-state index in [-0.39, 0.29) is 5.56 Å². The van der Waals surface area contributed by atoms with Crippen LogP contribution in [-0.2, 0) is 4.74 Å². The van der Waals surface area contributed by atoms with Crippen molar-refractivity contribution in [3.63, 3.8) is 0 Å². The monoisotopic (exact) mass is 520 g/mol. The van der Waals surface area contributed by atoms with Gasteiger partial charge in [-0.25, -0.2) is 14.2 Å². The predicted molar refractivity (Wildman–Crippen MR) is 144 cm³/mol. The van der Waals surface area contributed by atoms with Crippen LogP contribution in [0.3, 0.4) is 0 Å². The number of rotatable bonds is 9. The third kappa shape index (κ3) is 4.63. The Bertz CT molecular complexity index is 1350. The van der Waals surface area contributed by atoms with E-state index in [1.165, 1.54) is 30.9 Å². The molecule has 5 heterocycles. The standard InChI is InChI=1S/C30H37FN4O3/c1-18(2)28(5-4-8-33-16-24-11-23(33)17-38-24)34-13-21(14-34)20-9-26(29-12-32-19(3)35(29)15-20)25-7-6-22(31)10-27(25)30(36)37/h6-7,9-10,12,15,18,21,23-24,28H,4-5,8,11,13-14,16-17H2,1-3H3,(H,36,37)/t23-,24-,28+/m1/s1. The largest absolute Gasteiger partial charge is 0.478 e. The summed E-state index contributed by atoms with van der Waals surface area (Å²) in [4.78, 5) is 21.7. The fourth-order valence-electron chi connectivity index (χ4n) is 6.80. The molecule has 7 nitrogen and oxygen atoms in total. The molecule has 1 aromatic carbocycles. The first-order chi connectivity index (χ1) is 18.3. The quantitative estimate of drug-likeness (QED) is 0.436. The van der Waals surface area contributed by atoms with Crippen LogP contribution < -0.4 is 0 Å². The molecule has 0 aliphatic carbocycles. The molecule has 202 valence electrons. The van der Waals surface area contributed by atoms with Crippen LogP contribution in [0, 0.1) is 18.7 Å². The highest BCUT2D eigenvalue weighted by Gasteiger charge is 2.39. The van der Waals surface area contributed by atoms with Crippen LogP contribution in [-0.4, -0.2) is 81.2 Å². The number of fused-ring (bicyclic) bond motifs is 3. The van der Waals surface area contributed by atoms with E-state index in [4.69, 9.17) is 4.74 Å². The van der Waals surface area contributed by atoms with E-state index < -0.39 is 11.8 Å². The molecular weight excluding hydrogens is 483 g/mol. The molecule has 3 atom stereocenters. The summed E-state index contributed by atoms with van der Waals surface area (Å²) in [5.41, 5.74) is 3.26. The van der Waals surface area contributed by atoms with Gasteiger partial charge in [0.25, 0.3) is 0 Å². The number of benzene rings is 1. The van der Waals surface area contributed by atoms with E-state index in [1.54, 1.807) is 12.3 Å². The second kappa shape index (κ2) is 10.1. The molecule has 38 heavy (non-hydrogen) atoms. The minimum absolute atomic E-state index is 0.0317. The molecule has 6 rings (SSSR count). The smallest absolute Gasteiger partial charge is 0.336 e. The first-order valence-corrected chi connectivity index (χ1v) is 13.9. The van der Waals surface area contributed by atoms with E-state index in [0.717, 1.165) is 55.8 Å². The van der Waals surface area contributed by atoms with Crippen molar-refractivity contribution in [3.05, 3.63) is 59.4 Å². The average molecular weight is 521 g/mol. The highest BCUT2D eigenvalue weighted by molar-refractivity contribution is 5.98. The van der Waals surface area contributed by atoms with Gasteiger partial charge < -0.3 is 14.2 Å². The van der Waals surface area contributed by atoms with Crippen LogP contribution in [0.25, 0.3) is 16.6 Å². The average Bonchev–Trinajstić information content (AvgIpc) is 3.58. The first-order valence-electron chi connectivity index (χ1n) is 13.9. The number of imidazole rings is 1. The number of nitrogens with zero attached hydrogens (tertiary/aromatic N) is 4.